The monoisotopic (exact) mass is 421 g/mol. The number of thiophene rings is 1. The Morgan fingerprint density at radius 2 is 2.17 bits per heavy atom. The fourth-order valence-electron chi connectivity index (χ4n) is 3.49. The third-order valence-corrected chi connectivity index (χ3v) is 6.41. The van der Waals surface area contributed by atoms with Gasteiger partial charge in [0.2, 0.25) is 0 Å². The summed E-state index contributed by atoms with van der Waals surface area (Å²) in [6.45, 7) is 1.78. The van der Waals surface area contributed by atoms with Crippen LogP contribution in [-0.4, -0.2) is 38.8 Å². The third-order valence-electron chi connectivity index (χ3n) is 5.30. The number of rotatable bonds is 8. The number of amides is 1. The van der Waals surface area contributed by atoms with E-state index in [0.29, 0.717) is 30.5 Å². The largest absolute Gasteiger partial charge is 0.383 e. The number of imidazole rings is 1. The van der Waals surface area contributed by atoms with E-state index in [9.17, 15) is 4.79 Å². The van der Waals surface area contributed by atoms with Crippen molar-refractivity contribution in [2.24, 2.45) is 0 Å². The van der Waals surface area contributed by atoms with Gasteiger partial charge in [-0.2, -0.15) is 5.10 Å². The fourth-order valence-corrected chi connectivity index (χ4v) is 4.43. The molecule has 0 spiro atoms. The minimum absolute atomic E-state index is 0.0696. The number of aromatic nitrogens is 4. The van der Waals surface area contributed by atoms with Crippen LogP contribution < -0.4 is 5.32 Å². The number of nitrogens with one attached hydrogen (secondary N) is 1. The molecule has 4 heterocycles. The van der Waals surface area contributed by atoms with Crippen LogP contribution in [0.4, 0.5) is 0 Å². The molecule has 1 saturated carbocycles. The zero-order chi connectivity index (χ0) is 20.5. The van der Waals surface area contributed by atoms with E-state index >= 15 is 0 Å². The highest BCUT2D eigenvalue weighted by Crippen LogP contribution is 2.41. The molecular weight excluding hydrogens is 398 g/mol. The van der Waals surface area contributed by atoms with Gasteiger partial charge in [0.1, 0.15) is 5.65 Å². The summed E-state index contributed by atoms with van der Waals surface area (Å²) in [5.74, 6) is 0.516. The second-order valence-corrected chi connectivity index (χ2v) is 8.60. The molecule has 7 nitrogen and oxygen atoms in total. The van der Waals surface area contributed by atoms with Gasteiger partial charge in [0.05, 0.1) is 34.3 Å². The predicted molar refractivity (Wildman–Crippen MR) is 116 cm³/mol. The van der Waals surface area contributed by atoms with Gasteiger partial charge in [-0.05, 0) is 48.7 Å². The van der Waals surface area contributed by atoms with Crippen LogP contribution in [0, 0.1) is 0 Å². The zero-order valence-electron chi connectivity index (χ0n) is 16.7. The molecule has 0 bridgehead atoms. The average molecular weight is 422 g/mol. The Labute approximate surface area is 178 Å². The third kappa shape index (κ3) is 3.88. The van der Waals surface area contributed by atoms with Crippen molar-refractivity contribution < 1.29 is 9.53 Å². The first-order valence-electron chi connectivity index (χ1n) is 10.1. The Bertz CT molecular complexity index is 1190. The maximum Gasteiger partial charge on any atom is 0.261 e. The smallest absolute Gasteiger partial charge is 0.261 e. The summed E-state index contributed by atoms with van der Waals surface area (Å²) in [5, 5.41) is 7.78. The van der Waals surface area contributed by atoms with E-state index in [0.717, 1.165) is 27.5 Å². The number of carbonyl (C=O) groups is 1. The lowest BCUT2D eigenvalue weighted by molar-refractivity contribution is 0.0955. The first-order valence-corrected chi connectivity index (χ1v) is 10.9. The molecule has 4 aromatic rings. The molecule has 154 valence electrons. The summed E-state index contributed by atoms with van der Waals surface area (Å²) in [4.78, 5) is 18.7. The van der Waals surface area contributed by atoms with Crippen molar-refractivity contribution in [3.8, 4) is 10.6 Å². The molecule has 1 aliphatic carbocycles. The molecular formula is C22H23N5O2S. The topological polar surface area (TPSA) is 73.5 Å². The molecule has 5 rings (SSSR count). The summed E-state index contributed by atoms with van der Waals surface area (Å²) in [5.41, 5.74) is 4.10. The van der Waals surface area contributed by atoms with Gasteiger partial charge in [-0.1, -0.05) is 0 Å². The van der Waals surface area contributed by atoms with Gasteiger partial charge < -0.3 is 14.5 Å². The van der Waals surface area contributed by atoms with Crippen LogP contribution in [0.2, 0.25) is 0 Å². The number of fused-ring (bicyclic) bond motifs is 1. The molecule has 1 amide bonds. The first kappa shape index (κ1) is 19.0. The van der Waals surface area contributed by atoms with Crippen LogP contribution in [0.25, 0.3) is 16.2 Å². The second kappa shape index (κ2) is 8.04. The van der Waals surface area contributed by atoms with E-state index < -0.39 is 0 Å². The SMILES string of the molecule is COCCn1nc(C2CC2)cc1-c1ccc(C(=O)NCc2ccn3ccnc3c2)s1. The lowest BCUT2D eigenvalue weighted by atomic mass is 10.2. The van der Waals surface area contributed by atoms with Gasteiger partial charge in [-0.3, -0.25) is 9.48 Å². The molecule has 8 heteroatoms. The molecule has 0 aromatic carbocycles. The molecule has 0 aliphatic heterocycles. The Kier molecular flexibility index (Phi) is 5.10. The average Bonchev–Trinajstić information content (AvgIpc) is 3.17. The van der Waals surface area contributed by atoms with Crippen molar-refractivity contribution in [2.75, 3.05) is 13.7 Å². The Balaban J connectivity index is 1.30. The lowest BCUT2D eigenvalue weighted by Gasteiger charge is -2.05. The van der Waals surface area contributed by atoms with Gasteiger partial charge in [-0.15, -0.1) is 11.3 Å². The number of methoxy groups -OCH3 is 1. The minimum Gasteiger partial charge on any atom is -0.383 e. The Morgan fingerprint density at radius 1 is 1.27 bits per heavy atom. The standard InChI is InChI=1S/C22H23N5O2S/c1-29-11-10-27-18(13-17(25-27)16-2-3-16)19-4-5-20(30-19)22(28)24-14-15-6-8-26-9-7-23-21(26)12-15/h4-9,12-13,16H,2-3,10-11,14H2,1H3,(H,24,28). The van der Waals surface area contributed by atoms with Gasteiger partial charge in [0.25, 0.3) is 5.91 Å². The molecule has 0 atom stereocenters. The van der Waals surface area contributed by atoms with Crippen molar-refractivity contribution in [1.82, 2.24) is 24.5 Å². The van der Waals surface area contributed by atoms with Crippen LogP contribution >= 0.6 is 11.3 Å². The van der Waals surface area contributed by atoms with Crippen molar-refractivity contribution in [3.63, 3.8) is 0 Å². The van der Waals surface area contributed by atoms with Crippen LogP contribution in [0.15, 0.2) is 48.9 Å². The highest BCUT2D eigenvalue weighted by molar-refractivity contribution is 7.17. The number of hydrogen-bond acceptors (Lipinski definition) is 5. The normalized spacial score (nSPS) is 13.8. The molecule has 1 aliphatic rings. The van der Waals surface area contributed by atoms with Gasteiger partial charge in [0, 0.05) is 38.2 Å². The van der Waals surface area contributed by atoms with Gasteiger partial charge >= 0.3 is 0 Å². The molecule has 0 radical (unpaired) electrons. The maximum atomic E-state index is 12.7. The van der Waals surface area contributed by atoms with Crippen molar-refractivity contribution in [1.29, 1.82) is 0 Å². The van der Waals surface area contributed by atoms with Crippen molar-refractivity contribution in [2.45, 2.75) is 31.8 Å². The predicted octanol–water partition coefficient (Wildman–Crippen LogP) is 3.71. The second-order valence-electron chi connectivity index (χ2n) is 7.52. The van der Waals surface area contributed by atoms with Crippen molar-refractivity contribution >= 4 is 22.9 Å². The van der Waals surface area contributed by atoms with Crippen LogP contribution in [0.5, 0.6) is 0 Å². The molecule has 4 aromatic heterocycles. The minimum atomic E-state index is -0.0696. The molecule has 30 heavy (non-hydrogen) atoms. The summed E-state index contributed by atoms with van der Waals surface area (Å²) in [7, 11) is 1.70. The van der Waals surface area contributed by atoms with E-state index in [4.69, 9.17) is 9.84 Å². The van der Waals surface area contributed by atoms with Gasteiger partial charge in [0.15, 0.2) is 0 Å². The number of nitrogens with zero attached hydrogens (tertiary/aromatic N) is 4. The summed E-state index contributed by atoms with van der Waals surface area (Å²) < 4.78 is 9.18. The van der Waals surface area contributed by atoms with Crippen molar-refractivity contribution in [3.05, 3.63) is 65.1 Å². The summed E-state index contributed by atoms with van der Waals surface area (Å²) in [6.07, 6.45) is 8.03. The van der Waals surface area contributed by atoms with Crippen LogP contribution in [0.3, 0.4) is 0 Å². The highest BCUT2D eigenvalue weighted by atomic mass is 32.1. The molecule has 0 unspecified atom stereocenters. The fraction of sp³-hybridized carbons (Fsp3) is 0.318. The van der Waals surface area contributed by atoms with E-state index in [1.54, 1.807) is 13.3 Å². The number of carbonyl (C=O) groups excluding carboxylic acids is 1. The lowest BCUT2D eigenvalue weighted by Crippen LogP contribution is -2.21. The maximum absolute atomic E-state index is 12.7. The summed E-state index contributed by atoms with van der Waals surface area (Å²) >= 11 is 1.50. The van der Waals surface area contributed by atoms with E-state index in [1.807, 2.05) is 45.7 Å². The van der Waals surface area contributed by atoms with Crippen LogP contribution in [0.1, 0.15) is 39.7 Å². The molecule has 1 N–H and O–H groups in total. The molecule has 0 saturated heterocycles. The Hall–Kier alpha value is -2.97. The Morgan fingerprint density at radius 3 is 3.00 bits per heavy atom. The first-order chi connectivity index (χ1) is 14.7. The van der Waals surface area contributed by atoms with E-state index in [-0.39, 0.29) is 5.91 Å². The zero-order valence-corrected chi connectivity index (χ0v) is 17.6. The summed E-state index contributed by atoms with van der Waals surface area (Å²) in [6, 6.07) is 10.0. The number of ether oxygens (including phenoxy) is 1. The number of hydrogen-bond donors (Lipinski definition) is 1. The van der Waals surface area contributed by atoms with E-state index in [1.165, 1.54) is 24.2 Å². The van der Waals surface area contributed by atoms with E-state index in [2.05, 4.69) is 16.4 Å². The van der Waals surface area contributed by atoms with Gasteiger partial charge in [-0.25, -0.2) is 4.98 Å². The highest BCUT2D eigenvalue weighted by Gasteiger charge is 2.28. The molecule has 1 fully saturated rings. The van der Waals surface area contributed by atoms with Crippen LogP contribution in [-0.2, 0) is 17.8 Å². The number of pyridine rings is 1. The quantitative estimate of drug-likeness (QED) is 0.471.